The molecule has 0 amide bonds. The third kappa shape index (κ3) is 5.27. The summed E-state index contributed by atoms with van der Waals surface area (Å²) in [4.78, 5) is 28.2. The molecule has 4 rings (SSSR count). The first-order chi connectivity index (χ1) is 16.5. The predicted octanol–water partition coefficient (Wildman–Crippen LogP) is 6.86. The maximum absolute atomic E-state index is 13.3. The van der Waals surface area contributed by atoms with Crippen molar-refractivity contribution in [2.45, 2.75) is 53.6 Å². The Morgan fingerprint density at radius 2 is 1.80 bits per heavy atom. The number of pyridine rings is 2. The highest BCUT2D eigenvalue weighted by Gasteiger charge is 2.21. The number of hydrogen-bond donors (Lipinski definition) is 0. The van der Waals surface area contributed by atoms with Crippen molar-refractivity contribution in [1.82, 2.24) is 19.5 Å². The van der Waals surface area contributed by atoms with Crippen molar-refractivity contribution < 1.29 is 4.74 Å². The van der Waals surface area contributed by atoms with E-state index in [0.29, 0.717) is 46.0 Å². The van der Waals surface area contributed by atoms with Gasteiger partial charge in [-0.25, -0.2) is 9.97 Å². The summed E-state index contributed by atoms with van der Waals surface area (Å²) in [6.45, 7) is 12.3. The van der Waals surface area contributed by atoms with Gasteiger partial charge in [0.2, 0.25) is 0 Å². The number of ether oxygens (including phenoxy) is 1. The van der Waals surface area contributed by atoms with Gasteiger partial charge < -0.3 is 4.74 Å². The van der Waals surface area contributed by atoms with E-state index in [0.717, 1.165) is 11.1 Å². The minimum Gasteiger partial charge on any atom is -0.487 e. The predicted molar refractivity (Wildman–Crippen MR) is 142 cm³/mol. The molecule has 4 heterocycles. The molecular formula is C26H26Cl2N4O2S. The van der Waals surface area contributed by atoms with E-state index in [9.17, 15) is 4.79 Å². The molecule has 0 bridgehead atoms. The van der Waals surface area contributed by atoms with Crippen LogP contribution < -0.4 is 10.3 Å². The zero-order valence-corrected chi connectivity index (χ0v) is 22.8. The lowest BCUT2D eigenvalue weighted by molar-refractivity contribution is 0.305. The Hall–Kier alpha value is -2.74. The number of aryl methyl sites for hydroxylation is 3. The van der Waals surface area contributed by atoms with Crippen LogP contribution in [0, 0.1) is 20.8 Å². The molecule has 0 saturated heterocycles. The van der Waals surface area contributed by atoms with Gasteiger partial charge >= 0.3 is 0 Å². The van der Waals surface area contributed by atoms with E-state index in [1.165, 1.54) is 15.6 Å². The second-order valence-corrected chi connectivity index (χ2v) is 11.4. The van der Waals surface area contributed by atoms with Gasteiger partial charge in [-0.05, 0) is 43.8 Å². The van der Waals surface area contributed by atoms with E-state index >= 15 is 0 Å². The molecule has 0 atom stereocenters. The van der Waals surface area contributed by atoms with Crippen LogP contribution in [0.2, 0.25) is 10.0 Å². The molecule has 35 heavy (non-hydrogen) atoms. The Bertz CT molecular complexity index is 1470. The van der Waals surface area contributed by atoms with Gasteiger partial charge in [0.15, 0.2) is 0 Å². The van der Waals surface area contributed by atoms with E-state index in [1.807, 2.05) is 32.2 Å². The normalized spacial score (nSPS) is 11.7. The lowest BCUT2D eigenvalue weighted by Gasteiger charge is -2.19. The molecule has 0 spiro atoms. The molecule has 0 aliphatic heterocycles. The van der Waals surface area contributed by atoms with Gasteiger partial charge in [0.1, 0.15) is 23.2 Å². The van der Waals surface area contributed by atoms with Crippen LogP contribution in [0.1, 0.15) is 48.3 Å². The van der Waals surface area contributed by atoms with Crippen LogP contribution in [-0.2, 0) is 12.0 Å². The van der Waals surface area contributed by atoms with E-state index < -0.39 is 5.56 Å². The highest BCUT2D eigenvalue weighted by molar-refractivity contribution is 7.10. The Labute approximate surface area is 218 Å². The van der Waals surface area contributed by atoms with Crippen LogP contribution in [0.15, 0.2) is 40.8 Å². The van der Waals surface area contributed by atoms with Gasteiger partial charge in [-0.1, -0.05) is 44.0 Å². The molecule has 4 aromatic rings. The number of thiophene rings is 1. The summed E-state index contributed by atoms with van der Waals surface area (Å²) >= 11 is 14.6. The second-order valence-electron chi connectivity index (χ2n) is 9.45. The van der Waals surface area contributed by atoms with Gasteiger partial charge in [-0.3, -0.25) is 14.3 Å². The molecule has 9 heteroatoms. The lowest BCUT2D eigenvalue weighted by Crippen LogP contribution is -2.22. The summed E-state index contributed by atoms with van der Waals surface area (Å²) in [5.41, 5.74) is 3.63. The number of aromatic nitrogens is 4. The zero-order valence-electron chi connectivity index (χ0n) is 20.4. The van der Waals surface area contributed by atoms with Gasteiger partial charge in [-0.15, -0.1) is 11.3 Å². The van der Waals surface area contributed by atoms with E-state index in [4.69, 9.17) is 32.9 Å². The molecular weight excluding hydrogens is 503 g/mol. The fraction of sp³-hybridized carbons (Fsp3) is 0.308. The summed E-state index contributed by atoms with van der Waals surface area (Å²) in [6, 6.07) is 5.54. The summed E-state index contributed by atoms with van der Waals surface area (Å²) in [5, 5.41) is 2.33. The summed E-state index contributed by atoms with van der Waals surface area (Å²) < 4.78 is 7.34. The van der Waals surface area contributed by atoms with Crippen molar-refractivity contribution >= 4 is 34.5 Å². The fourth-order valence-electron chi connectivity index (χ4n) is 3.61. The molecule has 182 valence electrons. The molecule has 0 radical (unpaired) electrons. The van der Waals surface area contributed by atoms with Crippen LogP contribution in [0.3, 0.4) is 0 Å². The van der Waals surface area contributed by atoms with Crippen LogP contribution in [0.5, 0.6) is 5.75 Å². The maximum Gasteiger partial charge on any atom is 0.277 e. The summed E-state index contributed by atoms with van der Waals surface area (Å²) in [6.07, 6.45) is 3.31. The highest BCUT2D eigenvalue weighted by atomic mass is 35.5. The average molecular weight is 529 g/mol. The fourth-order valence-corrected chi connectivity index (χ4v) is 4.69. The van der Waals surface area contributed by atoms with Crippen molar-refractivity contribution in [1.29, 1.82) is 0 Å². The SMILES string of the molecule is Cc1cc(COc2cc(C)n(-c3cc(-c4nc(C(C)(C)C)ncc4C)ncc3Cl)c(=O)c2Cl)cs1. The Morgan fingerprint density at radius 3 is 2.46 bits per heavy atom. The quantitative estimate of drug-likeness (QED) is 0.283. The number of nitrogens with zero attached hydrogens (tertiary/aromatic N) is 4. The van der Waals surface area contributed by atoms with Crippen LogP contribution in [-0.4, -0.2) is 19.5 Å². The van der Waals surface area contributed by atoms with Crippen molar-refractivity contribution in [2.75, 3.05) is 0 Å². The van der Waals surface area contributed by atoms with Crippen molar-refractivity contribution in [3.05, 3.63) is 83.9 Å². The lowest BCUT2D eigenvalue weighted by atomic mass is 9.95. The second kappa shape index (κ2) is 9.72. The molecule has 0 fully saturated rings. The molecule has 0 aromatic carbocycles. The van der Waals surface area contributed by atoms with E-state index in [2.05, 4.69) is 30.7 Å². The summed E-state index contributed by atoms with van der Waals surface area (Å²) in [5.74, 6) is 1.04. The monoisotopic (exact) mass is 528 g/mol. The average Bonchev–Trinajstić information content (AvgIpc) is 3.21. The van der Waals surface area contributed by atoms with E-state index in [1.54, 1.807) is 29.7 Å². The maximum atomic E-state index is 13.3. The molecule has 4 aromatic heterocycles. The first kappa shape index (κ1) is 25.4. The highest BCUT2D eigenvalue weighted by Crippen LogP contribution is 2.30. The van der Waals surface area contributed by atoms with Crippen molar-refractivity contribution in [2.24, 2.45) is 0 Å². The molecule has 0 N–H and O–H groups in total. The summed E-state index contributed by atoms with van der Waals surface area (Å²) in [7, 11) is 0. The minimum atomic E-state index is -0.419. The molecule has 0 aliphatic rings. The number of halogens is 2. The molecule has 6 nitrogen and oxygen atoms in total. The van der Waals surface area contributed by atoms with E-state index in [-0.39, 0.29) is 10.4 Å². The Balaban J connectivity index is 1.76. The van der Waals surface area contributed by atoms with Crippen LogP contribution in [0.25, 0.3) is 17.1 Å². The first-order valence-corrected chi connectivity index (χ1v) is 12.7. The van der Waals surface area contributed by atoms with Crippen LogP contribution >= 0.6 is 34.5 Å². The number of hydrogen-bond acceptors (Lipinski definition) is 6. The van der Waals surface area contributed by atoms with Gasteiger partial charge in [0, 0.05) is 40.0 Å². The van der Waals surface area contributed by atoms with Gasteiger partial charge in [0.25, 0.3) is 5.56 Å². The zero-order chi connectivity index (χ0) is 25.5. The topological polar surface area (TPSA) is 69.9 Å². The smallest absolute Gasteiger partial charge is 0.277 e. The third-order valence-electron chi connectivity index (χ3n) is 5.44. The molecule has 0 saturated carbocycles. The largest absolute Gasteiger partial charge is 0.487 e. The molecule has 0 unspecified atom stereocenters. The Morgan fingerprint density at radius 1 is 1.06 bits per heavy atom. The Kier molecular flexibility index (Phi) is 7.04. The van der Waals surface area contributed by atoms with Gasteiger partial charge in [-0.2, -0.15) is 0 Å². The third-order valence-corrected chi connectivity index (χ3v) is 6.99. The molecule has 0 aliphatic carbocycles. The van der Waals surface area contributed by atoms with Crippen molar-refractivity contribution in [3.8, 4) is 22.8 Å². The van der Waals surface area contributed by atoms with Crippen LogP contribution in [0.4, 0.5) is 0 Å². The minimum absolute atomic E-state index is 0.00906. The number of rotatable bonds is 5. The van der Waals surface area contributed by atoms with Gasteiger partial charge in [0.05, 0.1) is 22.1 Å². The standard InChI is InChI=1S/C26H26Cl2N4O2S/c1-14-10-30-25(26(4,5)6)31-23(14)19-9-20(18(27)11-29-19)32-15(2)7-21(22(28)24(32)33)34-12-17-8-16(3)35-13-17/h7-11,13H,12H2,1-6H3. The van der Waals surface area contributed by atoms with Crippen molar-refractivity contribution in [3.63, 3.8) is 0 Å². The first-order valence-electron chi connectivity index (χ1n) is 11.0.